The van der Waals surface area contributed by atoms with Crippen LogP contribution in [0.2, 0.25) is 0 Å². The summed E-state index contributed by atoms with van der Waals surface area (Å²) in [5.41, 5.74) is 1.99. The molecule has 1 rings (SSSR count). The summed E-state index contributed by atoms with van der Waals surface area (Å²) < 4.78 is 0. The summed E-state index contributed by atoms with van der Waals surface area (Å²) in [7, 11) is 0. The molecule has 0 aromatic heterocycles. The first-order valence-electron chi connectivity index (χ1n) is 6.36. The van der Waals surface area contributed by atoms with Crippen LogP contribution in [0.3, 0.4) is 0 Å². The van der Waals surface area contributed by atoms with Crippen LogP contribution in [0.4, 0.5) is 0 Å². The standard InChI is InChI=1S/C14H27N/c1-12(2)8-11-15-13-6-5-9-14(3,4)10-7-13/h8,13,15H,5-7,9-11H2,1-4H3. The Kier molecular flexibility index (Phi) is 4.85. The highest BCUT2D eigenvalue weighted by molar-refractivity contribution is 4.95. The summed E-state index contributed by atoms with van der Waals surface area (Å²) in [5, 5.41) is 3.65. The predicted octanol–water partition coefficient (Wildman–Crippen LogP) is 3.90. The number of allylic oxidation sites excluding steroid dienone is 1. The molecule has 0 aliphatic heterocycles. The topological polar surface area (TPSA) is 12.0 Å². The third kappa shape index (κ3) is 5.36. The van der Waals surface area contributed by atoms with Crippen molar-refractivity contribution < 1.29 is 0 Å². The summed E-state index contributed by atoms with van der Waals surface area (Å²) in [5.74, 6) is 0. The Labute approximate surface area is 95.3 Å². The van der Waals surface area contributed by atoms with Gasteiger partial charge in [0.2, 0.25) is 0 Å². The van der Waals surface area contributed by atoms with Crippen LogP contribution in [0.15, 0.2) is 11.6 Å². The van der Waals surface area contributed by atoms with Crippen molar-refractivity contribution >= 4 is 0 Å². The largest absolute Gasteiger partial charge is 0.311 e. The van der Waals surface area contributed by atoms with Gasteiger partial charge >= 0.3 is 0 Å². The van der Waals surface area contributed by atoms with Gasteiger partial charge in [0.1, 0.15) is 0 Å². The van der Waals surface area contributed by atoms with Crippen molar-refractivity contribution in [2.75, 3.05) is 6.54 Å². The van der Waals surface area contributed by atoms with E-state index in [1.165, 1.54) is 37.7 Å². The van der Waals surface area contributed by atoms with Gasteiger partial charge in [-0.2, -0.15) is 0 Å². The van der Waals surface area contributed by atoms with E-state index in [4.69, 9.17) is 0 Å². The molecule has 0 bridgehead atoms. The molecule has 1 unspecified atom stereocenters. The van der Waals surface area contributed by atoms with Crippen molar-refractivity contribution in [3.8, 4) is 0 Å². The Morgan fingerprint density at radius 1 is 1.27 bits per heavy atom. The van der Waals surface area contributed by atoms with Gasteiger partial charge in [0.25, 0.3) is 0 Å². The Morgan fingerprint density at radius 2 is 2.00 bits per heavy atom. The van der Waals surface area contributed by atoms with Gasteiger partial charge in [-0.3, -0.25) is 0 Å². The lowest BCUT2D eigenvalue weighted by Gasteiger charge is -2.22. The van der Waals surface area contributed by atoms with Crippen LogP contribution in [-0.4, -0.2) is 12.6 Å². The SMILES string of the molecule is CC(C)=CCNC1CCCC(C)(C)CC1. The van der Waals surface area contributed by atoms with E-state index in [0.717, 1.165) is 12.6 Å². The molecule has 0 radical (unpaired) electrons. The lowest BCUT2D eigenvalue weighted by Crippen LogP contribution is -2.28. The maximum atomic E-state index is 3.65. The molecule has 1 atom stereocenters. The minimum atomic E-state index is 0.576. The van der Waals surface area contributed by atoms with E-state index in [1.54, 1.807) is 0 Å². The Morgan fingerprint density at radius 3 is 2.67 bits per heavy atom. The molecule has 1 aliphatic carbocycles. The van der Waals surface area contributed by atoms with Crippen molar-refractivity contribution in [2.45, 2.75) is 65.8 Å². The van der Waals surface area contributed by atoms with E-state index in [1.807, 2.05) is 0 Å². The van der Waals surface area contributed by atoms with Gasteiger partial charge in [-0.25, -0.2) is 0 Å². The van der Waals surface area contributed by atoms with Gasteiger partial charge in [0.05, 0.1) is 0 Å². The predicted molar refractivity (Wildman–Crippen MR) is 68.1 cm³/mol. The third-order valence-electron chi connectivity index (χ3n) is 3.49. The number of nitrogens with one attached hydrogen (secondary N) is 1. The van der Waals surface area contributed by atoms with E-state index in [0.29, 0.717) is 5.41 Å². The average molecular weight is 209 g/mol. The molecule has 1 N–H and O–H groups in total. The fourth-order valence-electron chi connectivity index (χ4n) is 2.30. The van der Waals surface area contributed by atoms with E-state index in [-0.39, 0.29) is 0 Å². The van der Waals surface area contributed by atoms with Crippen LogP contribution < -0.4 is 5.32 Å². The second kappa shape index (κ2) is 5.69. The van der Waals surface area contributed by atoms with Crippen molar-refractivity contribution in [2.24, 2.45) is 5.41 Å². The Bertz CT molecular complexity index is 211. The molecule has 0 saturated heterocycles. The molecule has 1 fully saturated rings. The van der Waals surface area contributed by atoms with Crippen LogP contribution in [0, 0.1) is 5.41 Å². The zero-order valence-corrected chi connectivity index (χ0v) is 10.9. The quantitative estimate of drug-likeness (QED) is 0.549. The van der Waals surface area contributed by atoms with Crippen LogP contribution in [0.5, 0.6) is 0 Å². The first-order valence-corrected chi connectivity index (χ1v) is 6.36. The molecule has 0 aromatic carbocycles. The number of rotatable bonds is 3. The second-order valence-electron chi connectivity index (χ2n) is 5.98. The molecule has 0 aromatic rings. The Hall–Kier alpha value is -0.300. The molecule has 15 heavy (non-hydrogen) atoms. The van der Waals surface area contributed by atoms with Gasteiger partial charge in [-0.1, -0.05) is 31.9 Å². The summed E-state index contributed by atoms with van der Waals surface area (Å²) in [6.45, 7) is 10.2. The molecule has 1 aliphatic rings. The molecule has 0 amide bonds. The molecule has 1 saturated carbocycles. The summed E-state index contributed by atoms with van der Waals surface area (Å²) in [6.07, 6.45) is 9.16. The Balaban J connectivity index is 2.29. The molecular weight excluding hydrogens is 182 g/mol. The highest BCUT2D eigenvalue weighted by atomic mass is 14.9. The van der Waals surface area contributed by atoms with E-state index < -0.39 is 0 Å². The van der Waals surface area contributed by atoms with E-state index >= 15 is 0 Å². The monoisotopic (exact) mass is 209 g/mol. The lowest BCUT2D eigenvalue weighted by molar-refractivity contribution is 0.310. The van der Waals surface area contributed by atoms with Gasteiger partial charge < -0.3 is 5.32 Å². The highest BCUT2D eigenvalue weighted by Gasteiger charge is 2.23. The highest BCUT2D eigenvalue weighted by Crippen LogP contribution is 2.33. The first-order chi connectivity index (χ1) is 6.99. The fraction of sp³-hybridized carbons (Fsp3) is 0.857. The molecule has 0 spiro atoms. The van der Waals surface area contributed by atoms with Crippen LogP contribution >= 0.6 is 0 Å². The van der Waals surface area contributed by atoms with E-state index in [9.17, 15) is 0 Å². The summed E-state index contributed by atoms with van der Waals surface area (Å²) in [6, 6.07) is 0.752. The zero-order valence-electron chi connectivity index (χ0n) is 10.9. The number of hydrogen-bond acceptors (Lipinski definition) is 1. The smallest absolute Gasteiger partial charge is 0.0139 e. The van der Waals surface area contributed by atoms with Crippen molar-refractivity contribution in [1.82, 2.24) is 5.32 Å². The van der Waals surface area contributed by atoms with E-state index in [2.05, 4.69) is 39.1 Å². The fourth-order valence-corrected chi connectivity index (χ4v) is 2.30. The molecule has 1 nitrogen and oxygen atoms in total. The van der Waals surface area contributed by atoms with Crippen molar-refractivity contribution in [3.63, 3.8) is 0 Å². The van der Waals surface area contributed by atoms with Gasteiger partial charge in [-0.05, 0) is 44.9 Å². The van der Waals surface area contributed by atoms with Gasteiger partial charge in [0.15, 0.2) is 0 Å². The van der Waals surface area contributed by atoms with Crippen LogP contribution in [0.25, 0.3) is 0 Å². The van der Waals surface area contributed by atoms with Crippen LogP contribution in [0.1, 0.15) is 59.8 Å². The second-order valence-corrected chi connectivity index (χ2v) is 5.98. The van der Waals surface area contributed by atoms with Gasteiger partial charge in [-0.15, -0.1) is 0 Å². The minimum Gasteiger partial charge on any atom is -0.311 e. The molecule has 88 valence electrons. The normalized spacial score (nSPS) is 25.7. The van der Waals surface area contributed by atoms with Crippen LogP contribution in [-0.2, 0) is 0 Å². The summed E-state index contributed by atoms with van der Waals surface area (Å²) >= 11 is 0. The lowest BCUT2D eigenvalue weighted by atomic mass is 9.85. The van der Waals surface area contributed by atoms with Crippen molar-refractivity contribution in [1.29, 1.82) is 0 Å². The molecular formula is C14H27N. The van der Waals surface area contributed by atoms with Crippen molar-refractivity contribution in [3.05, 3.63) is 11.6 Å². The summed E-state index contributed by atoms with van der Waals surface area (Å²) in [4.78, 5) is 0. The molecule has 1 heteroatoms. The first kappa shape index (κ1) is 12.8. The number of hydrogen-bond donors (Lipinski definition) is 1. The maximum Gasteiger partial charge on any atom is 0.0139 e. The van der Waals surface area contributed by atoms with Gasteiger partial charge in [0, 0.05) is 12.6 Å². The minimum absolute atomic E-state index is 0.576. The zero-order chi connectivity index (χ0) is 11.3. The maximum absolute atomic E-state index is 3.65. The average Bonchev–Trinajstić information content (AvgIpc) is 2.27. The third-order valence-corrected chi connectivity index (χ3v) is 3.49. The molecule has 0 heterocycles.